The minimum absolute atomic E-state index is 0.835. The molecule has 0 radical (unpaired) electrons. The quantitative estimate of drug-likeness (QED) is 0.783. The molecular weight excluding hydrogens is 200 g/mol. The molecule has 2 N–H and O–H groups in total. The molecule has 0 fully saturated rings. The van der Waals surface area contributed by atoms with E-state index in [1.54, 1.807) is 0 Å². The van der Waals surface area contributed by atoms with Crippen LogP contribution in [0, 0.1) is 0 Å². The zero-order chi connectivity index (χ0) is 11.2. The summed E-state index contributed by atoms with van der Waals surface area (Å²) in [6.45, 7) is 4.01. The maximum absolute atomic E-state index is 4.30. The monoisotopic (exact) mass is 218 g/mol. The molecular formula is C12H18N4. The van der Waals surface area contributed by atoms with Crippen LogP contribution >= 0.6 is 0 Å². The lowest BCUT2D eigenvalue weighted by Gasteiger charge is -2.08. The third-order valence-corrected chi connectivity index (χ3v) is 2.58. The molecule has 0 unspecified atom stereocenters. The standard InChI is InChI=1S/C12H18N4/c1-2-3-8-16-12(5-7-15-16)14-10-11-4-6-13-9-11/h4-7,9,13-14H,2-3,8,10H2,1H3. The van der Waals surface area contributed by atoms with Crippen LogP contribution in [0.5, 0.6) is 0 Å². The second kappa shape index (κ2) is 5.39. The van der Waals surface area contributed by atoms with Crippen LogP contribution in [-0.4, -0.2) is 14.8 Å². The summed E-state index contributed by atoms with van der Waals surface area (Å²) in [6.07, 6.45) is 8.14. The SMILES string of the molecule is CCCCn1nccc1NCc1cc[nH]c1. The van der Waals surface area contributed by atoms with Gasteiger partial charge in [0.2, 0.25) is 0 Å². The van der Waals surface area contributed by atoms with Crippen molar-refractivity contribution in [3.8, 4) is 0 Å². The number of anilines is 1. The Bertz CT molecular complexity index is 402. The highest BCUT2D eigenvalue weighted by atomic mass is 15.3. The average Bonchev–Trinajstić information content (AvgIpc) is 2.94. The fraction of sp³-hybridized carbons (Fsp3) is 0.417. The summed E-state index contributed by atoms with van der Waals surface area (Å²) in [5, 5.41) is 7.69. The molecule has 16 heavy (non-hydrogen) atoms. The fourth-order valence-electron chi connectivity index (χ4n) is 1.63. The number of rotatable bonds is 6. The van der Waals surface area contributed by atoms with Crippen molar-refractivity contribution in [2.24, 2.45) is 0 Å². The number of unbranched alkanes of at least 4 members (excludes halogenated alkanes) is 1. The first-order valence-corrected chi connectivity index (χ1v) is 5.77. The number of aryl methyl sites for hydroxylation is 1. The van der Waals surface area contributed by atoms with E-state index in [4.69, 9.17) is 0 Å². The lowest BCUT2D eigenvalue weighted by Crippen LogP contribution is -2.07. The van der Waals surface area contributed by atoms with Gasteiger partial charge in [0, 0.05) is 31.5 Å². The zero-order valence-electron chi connectivity index (χ0n) is 9.61. The Morgan fingerprint density at radius 1 is 1.44 bits per heavy atom. The van der Waals surface area contributed by atoms with Gasteiger partial charge in [-0.05, 0) is 18.1 Å². The summed E-state index contributed by atoms with van der Waals surface area (Å²) in [5.74, 6) is 1.09. The van der Waals surface area contributed by atoms with Gasteiger partial charge in [-0.15, -0.1) is 0 Å². The molecule has 0 aliphatic carbocycles. The van der Waals surface area contributed by atoms with Gasteiger partial charge < -0.3 is 10.3 Å². The summed E-state index contributed by atoms with van der Waals surface area (Å²) in [4.78, 5) is 3.05. The van der Waals surface area contributed by atoms with Crippen LogP contribution in [0.3, 0.4) is 0 Å². The van der Waals surface area contributed by atoms with Gasteiger partial charge in [-0.3, -0.25) is 0 Å². The smallest absolute Gasteiger partial charge is 0.124 e. The maximum Gasteiger partial charge on any atom is 0.124 e. The van der Waals surface area contributed by atoms with Crippen molar-refractivity contribution in [1.29, 1.82) is 0 Å². The summed E-state index contributed by atoms with van der Waals surface area (Å²) < 4.78 is 2.02. The number of aromatic amines is 1. The topological polar surface area (TPSA) is 45.6 Å². The van der Waals surface area contributed by atoms with Crippen LogP contribution in [-0.2, 0) is 13.1 Å². The third kappa shape index (κ3) is 2.66. The van der Waals surface area contributed by atoms with Crippen LogP contribution in [0.25, 0.3) is 0 Å². The Kier molecular flexibility index (Phi) is 3.64. The van der Waals surface area contributed by atoms with Gasteiger partial charge in [-0.25, -0.2) is 4.68 Å². The molecule has 0 saturated carbocycles. The van der Waals surface area contributed by atoms with Crippen LogP contribution in [0.2, 0.25) is 0 Å². The van der Waals surface area contributed by atoms with E-state index < -0.39 is 0 Å². The van der Waals surface area contributed by atoms with Crippen molar-refractivity contribution in [2.75, 3.05) is 5.32 Å². The van der Waals surface area contributed by atoms with E-state index in [9.17, 15) is 0 Å². The van der Waals surface area contributed by atoms with Crippen molar-refractivity contribution < 1.29 is 0 Å². The molecule has 0 aliphatic heterocycles. The van der Waals surface area contributed by atoms with Gasteiger partial charge in [0.15, 0.2) is 0 Å². The molecule has 4 heteroatoms. The Labute approximate surface area is 95.7 Å². The summed E-state index contributed by atoms with van der Waals surface area (Å²) in [7, 11) is 0. The van der Waals surface area contributed by atoms with Crippen LogP contribution < -0.4 is 5.32 Å². The molecule has 2 heterocycles. The zero-order valence-corrected chi connectivity index (χ0v) is 9.61. The van der Waals surface area contributed by atoms with Gasteiger partial charge in [-0.2, -0.15) is 5.10 Å². The van der Waals surface area contributed by atoms with Gasteiger partial charge in [-0.1, -0.05) is 13.3 Å². The van der Waals surface area contributed by atoms with Gasteiger partial charge >= 0.3 is 0 Å². The Morgan fingerprint density at radius 3 is 3.12 bits per heavy atom. The molecule has 0 aliphatic rings. The van der Waals surface area contributed by atoms with Crippen molar-refractivity contribution in [3.63, 3.8) is 0 Å². The van der Waals surface area contributed by atoms with Crippen molar-refractivity contribution in [3.05, 3.63) is 36.3 Å². The lowest BCUT2D eigenvalue weighted by molar-refractivity contribution is 0.576. The molecule has 0 amide bonds. The van der Waals surface area contributed by atoms with Crippen LogP contribution in [0.1, 0.15) is 25.3 Å². The summed E-state index contributed by atoms with van der Waals surface area (Å²) in [5.41, 5.74) is 1.25. The number of aromatic nitrogens is 3. The van der Waals surface area contributed by atoms with E-state index in [-0.39, 0.29) is 0 Å². The van der Waals surface area contributed by atoms with Gasteiger partial charge in [0.25, 0.3) is 0 Å². The minimum atomic E-state index is 0.835. The first kappa shape index (κ1) is 10.8. The highest BCUT2D eigenvalue weighted by molar-refractivity contribution is 5.34. The van der Waals surface area contributed by atoms with Gasteiger partial charge in [0.1, 0.15) is 5.82 Å². The molecule has 0 bridgehead atoms. The molecule has 0 spiro atoms. The number of H-pyrrole nitrogens is 1. The van der Waals surface area contributed by atoms with Crippen molar-refractivity contribution >= 4 is 5.82 Å². The number of nitrogens with zero attached hydrogens (tertiary/aromatic N) is 2. The first-order valence-electron chi connectivity index (χ1n) is 5.77. The van der Waals surface area contributed by atoms with E-state index >= 15 is 0 Å². The molecule has 4 nitrogen and oxygen atoms in total. The van der Waals surface area contributed by atoms with E-state index in [0.717, 1.165) is 18.9 Å². The first-order chi connectivity index (χ1) is 7.90. The number of nitrogens with one attached hydrogen (secondary N) is 2. The minimum Gasteiger partial charge on any atom is -0.367 e. The second-order valence-corrected chi connectivity index (χ2v) is 3.87. The van der Waals surface area contributed by atoms with Crippen molar-refractivity contribution in [1.82, 2.24) is 14.8 Å². The predicted molar refractivity (Wildman–Crippen MR) is 65.3 cm³/mol. The Hall–Kier alpha value is -1.71. The van der Waals surface area contributed by atoms with E-state index in [1.165, 1.54) is 18.4 Å². The third-order valence-electron chi connectivity index (χ3n) is 2.58. The van der Waals surface area contributed by atoms with Crippen LogP contribution in [0.15, 0.2) is 30.7 Å². The number of hydrogen-bond acceptors (Lipinski definition) is 2. The molecule has 0 atom stereocenters. The Balaban J connectivity index is 1.91. The van der Waals surface area contributed by atoms with E-state index in [2.05, 4.69) is 28.4 Å². The number of hydrogen-bond donors (Lipinski definition) is 2. The maximum atomic E-state index is 4.30. The van der Waals surface area contributed by atoms with E-state index in [1.807, 2.05) is 29.3 Å². The molecule has 2 aromatic rings. The average molecular weight is 218 g/mol. The summed E-state index contributed by atoms with van der Waals surface area (Å²) in [6, 6.07) is 4.09. The highest BCUT2D eigenvalue weighted by Crippen LogP contribution is 2.09. The summed E-state index contributed by atoms with van der Waals surface area (Å²) >= 11 is 0. The van der Waals surface area contributed by atoms with Gasteiger partial charge in [0.05, 0.1) is 6.20 Å². The highest BCUT2D eigenvalue weighted by Gasteiger charge is 2.01. The normalized spacial score (nSPS) is 10.6. The largest absolute Gasteiger partial charge is 0.367 e. The van der Waals surface area contributed by atoms with Crippen molar-refractivity contribution in [2.45, 2.75) is 32.9 Å². The fourth-order valence-corrected chi connectivity index (χ4v) is 1.63. The predicted octanol–water partition coefficient (Wildman–Crippen LogP) is 2.62. The van der Waals surface area contributed by atoms with E-state index in [0.29, 0.717) is 0 Å². The molecule has 0 aromatic carbocycles. The molecule has 0 saturated heterocycles. The van der Waals surface area contributed by atoms with Crippen LogP contribution in [0.4, 0.5) is 5.82 Å². The Morgan fingerprint density at radius 2 is 2.38 bits per heavy atom. The molecule has 2 rings (SSSR count). The lowest BCUT2D eigenvalue weighted by atomic mass is 10.3. The second-order valence-electron chi connectivity index (χ2n) is 3.87. The molecule has 2 aromatic heterocycles. The molecule has 86 valence electrons.